The SMILES string of the molecule is NC(C(=O)O)c1cn2c(n1)OCCC2. The van der Waals surface area contributed by atoms with Crippen molar-refractivity contribution in [2.75, 3.05) is 6.61 Å². The highest BCUT2D eigenvalue weighted by atomic mass is 16.5. The number of rotatable bonds is 2. The third kappa shape index (κ3) is 1.44. The molecule has 0 saturated heterocycles. The molecule has 0 aliphatic carbocycles. The first-order valence-electron chi connectivity index (χ1n) is 4.37. The van der Waals surface area contributed by atoms with Crippen LogP contribution in [0.25, 0.3) is 0 Å². The van der Waals surface area contributed by atoms with Gasteiger partial charge in [-0.3, -0.25) is 4.79 Å². The summed E-state index contributed by atoms with van der Waals surface area (Å²) < 4.78 is 7.02. The molecule has 1 aliphatic rings. The lowest BCUT2D eigenvalue weighted by Gasteiger charge is -2.13. The molecule has 14 heavy (non-hydrogen) atoms. The second-order valence-corrected chi connectivity index (χ2v) is 3.16. The molecule has 0 aromatic carbocycles. The fourth-order valence-corrected chi connectivity index (χ4v) is 1.37. The minimum Gasteiger partial charge on any atom is -0.480 e. The summed E-state index contributed by atoms with van der Waals surface area (Å²) in [5, 5.41) is 8.68. The number of aryl methyl sites for hydroxylation is 1. The van der Waals surface area contributed by atoms with Gasteiger partial charge in [0.05, 0.1) is 12.3 Å². The number of aromatic nitrogens is 2. The van der Waals surface area contributed by atoms with Crippen LogP contribution >= 0.6 is 0 Å². The number of hydrogen-bond acceptors (Lipinski definition) is 4. The Labute approximate surface area is 80.3 Å². The molecule has 6 nitrogen and oxygen atoms in total. The Morgan fingerprint density at radius 2 is 2.57 bits per heavy atom. The van der Waals surface area contributed by atoms with Crippen LogP contribution in [0.15, 0.2) is 6.20 Å². The van der Waals surface area contributed by atoms with E-state index < -0.39 is 12.0 Å². The van der Waals surface area contributed by atoms with Crippen LogP contribution in [-0.4, -0.2) is 27.2 Å². The third-order valence-corrected chi connectivity index (χ3v) is 2.12. The summed E-state index contributed by atoms with van der Waals surface area (Å²) >= 11 is 0. The first kappa shape index (κ1) is 9.01. The zero-order valence-electron chi connectivity index (χ0n) is 7.51. The molecule has 0 amide bonds. The molecule has 0 saturated carbocycles. The molecule has 2 rings (SSSR count). The van der Waals surface area contributed by atoms with Crippen LogP contribution in [0.1, 0.15) is 18.2 Å². The van der Waals surface area contributed by atoms with Gasteiger partial charge < -0.3 is 20.1 Å². The smallest absolute Gasteiger partial charge is 0.326 e. The highest BCUT2D eigenvalue weighted by Crippen LogP contribution is 2.19. The summed E-state index contributed by atoms with van der Waals surface area (Å²) in [5.74, 6) is -1.08. The standard InChI is InChI=1S/C8H11N3O3/c9-6(7(12)13)5-4-11-2-1-3-14-8(11)10-5/h4,6H,1-3,9H2,(H,12,13). The molecule has 0 spiro atoms. The van der Waals surface area contributed by atoms with E-state index in [1.807, 2.05) is 0 Å². The predicted molar refractivity (Wildman–Crippen MR) is 46.9 cm³/mol. The fraction of sp³-hybridized carbons (Fsp3) is 0.500. The maximum Gasteiger partial charge on any atom is 0.326 e. The Kier molecular flexibility index (Phi) is 2.12. The summed E-state index contributed by atoms with van der Waals surface area (Å²) in [5.41, 5.74) is 5.76. The van der Waals surface area contributed by atoms with Crippen LogP contribution in [0, 0.1) is 0 Å². The molecular weight excluding hydrogens is 186 g/mol. The van der Waals surface area contributed by atoms with Gasteiger partial charge in [-0.2, -0.15) is 4.98 Å². The van der Waals surface area contributed by atoms with Crippen molar-refractivity contribution in [3.63, 3.8) is 0 Å². The van der Waals surface area contributed by atoms with Gasteiger partial charge in [-0.1, -0.05) is 0 Å². The second kappa shape index (κ2) is 3.30. The topological polar surface area (TPSA) is 90.4 Å². The minimum absolute atomic E-state index is 0.342. The zero-order chi connectivity index (χ0) is 10.1. The highest BCUT2D eigenvalue weighted by molar-refractivity contribution is 5.74. The average molecular weight is 197 g/mol. The number of nitrogens with zero attached hydrogens (tertiary/aromatic N) is 2. The van der Waals surface area contributed by atoms with Gasteiger partial charge in [0, 0.05) is 12.7 Å². The Morgan fingerprint density at radius 1 is 1.79 bits per heavy atom. The van der Waals surface area contributed by atoms with Crippen LogP contribution in [0.5, 0.6) is 6.01 Å². The molecule has 3 N–H and O–H groups in total. The number of aliphatic carboxylic acids is 1. The number of carboxylic acids is 1. The molecule has 0 fully saturated rings. The first-order chi connectivity index (χ1) is 6.68. The van der Waals surface area contributed by atoms with Crippen molar-refractivity contribution in [1.29, 1.82) is 0 Å². The molecule has 1 aliphatic heterocycles. The van der Waals surface area contributed by atoms with Crippen molar-refractivity contribution >= 4 is 5.97 Å². The summed E-state index contributed by atoms with van der Waals surface area (Å²) in [6.45, 7) is 1.42. The Balaban J connectivity index is 2.28. The quantitative estimate of drug-likeness (QED) is 0.682. The predicted octanol–water partition coefficient (Wildman–Crippen LogP) is -0.250. The van der Waals surface area contributed by atoms with E-state index in [1.54, 1.807) is 10.8 Å². The van der Waals surface area contributed by atoms with E-state index in [4.69, 9.17) is 15.6 Å². The highest BCUT2D eigenvalue weighted by Gasteiger charge is 2.21. The van der Waals surface area contributed by atoms with E-state index in [-0.39, 0.29) is 0 Å². The van der Waals surface area contributed by atoms with Crippen molar-refractivity contribution in [3.05, 3.63) is 11.9 Å². The number of carbonyl (C=O) groups is 1. The molecule has 1 aromatic rings. The van der Waals surface area contributed by atoms with Crippen LogP contribution < -0.4 is 10.5 Å². The van der Waals surface area contributed by atoms with Gasteiger partial charge in [0.15, 0.2) is 0 Å². The summed E-state index contributed by atoms with van der Waals surface area (Å²) in [6.07, 6.45) is 2.54. The number of carboxylic acid groups (broad SMARTS) is 1. The number of hydrogen-bond donors (Lipinski definition) is 2. The number of fused-ring (bicyclic) bond motifs is 1. The molecule has 2 heterocycles. The normalized spacial score (nSPS) is 16.9. The van der Waals surface area contributed by atoms with Crippen LogP contribution in [0.4, 0.5) is 0 Å². The van der Waals surface area contributed by atoms with Crippen molar-refractivity contribution in [3.8, 4) is 6.01 Å². The van der Waals surface area contributed by atoms with E-state index in [0.717, 1.165) is 13.0 Å². The van der Waals surface area contributed by atoms with Crippen LogP contribution in [-0.2, 0) is 11.3 Å². The Hall–Kier alpha value is -1.56. The number of imidazole rings is 1. The van der Waals surface area contributed by atoms with Crippen molar-refractivity contribution < 1.29 is 14.6 Å². The van der Waals surface area contributed by atoms with E-state index in [9.17, 15) is 4.79 Å². The van der Waals surface area contributed by atoms with Crippen LogP contribution in [0.2, 0.25) is 0 Å². The second-order valence-electron chi connectivity index (χ2n) is 3.16. The summed E-state index contributed by atoms with van der Waals surface area (Å²) in [6, 6.07) is -0.611. The van der Waals surface area contributed by atoms with Gasteiger partial charge >= 0.3 is 5.97 Å². The van der Waals surface area contributed by atoms with E-state index in [0.29, 0.717) is 18.3 Å². The third-order valence-electron chi connectivity index (χ3n) is 2.12. The molecule has 1 aromatic heterocycles. The minimum atomic E-state index is -1.08. The summed E-state index contributed by atoms with van der Waals surface area (Å²) in [7, 11) is 0. The fourth-order valence-electron chi connectivity index (χ4n) is 1.37. The van der Waals surface area contributed by atoms with Crippen molar-refractivity contribution in [2.45, 2.75) is 19.0 Å². The number of nitrogens with two attached hydrogens (primary N) is 1. The molecule has 76 valence electrons. The van der Waals surface area contributed by atoms with Gasteiger partial charge in [-0.25, -0.2) is 0 Å². The zero-order valence-corrected chi connectivity index (χ0v) is 7.51. The largest absolute Gasteiger partial charge is 0.480 e. The molecular formula is C8H11N3O3. The molecule has 6 heteroatoms. The lowest BCUT2D eigenvalue weighted by atomic mass is 10.2. The average Bonchev–Trinajstić information content (AvgIpc) is 2.59. The number of ether oxygens (including phenoxy) is 1. The first-order valence-corrected chi connectivity index (χ1v) is 4.37. The maximum atomic E-state index is 10.6. The van der Waals surface area contributed by atoms with Gasteiger partial charge in [0.2, 0.25) is 0 Å². The van der Waals surface area contributed by atoms with Crippen LogP contribution in [0.3, 0.4) is 0 Å². The Bertz CT molecular complexity index is 337. The van der Waals surface area contributed by atoms with E-state index >= 15 is 0 Å². The van der Waals surface area contributed by atoms with E-state index in [1.165, 1.54) is 0 Å². The van der Waals surface area contributed by atoms with Gasteiger partial charge in [-0.05, 0) is 6.42 Å². The molecule has 1 atom stereocenters. The molecule has 1 unspecified atom stereocenters. The van der Waals surface area contributed by atoms with Gasteiger partial charge in [0.25, 0.3) is 6.01 Å². The Morgan fingerprint density at radius 3 is 3.21 bits per heavy atom. The molecule has 0 radical (unpaired) electrons. The van der Waals surface area contributed by atoms with Crippen molar-refractivity contribution in [2.24, 2.45) is 5.73 Å². The lowest BCUT2D eigenvalue weighted by molar-refractivity contribution is -0.138. The van der Waals surface area contributed by atoms with Gasteiger partial charge in [0.1, 0.15) is 6.04 Å². The van der Waals surface area contributed by atoms with E-state index in [2.05, 4.69) is 4.98 Å². The van der Waals surface area contributed by atoms with Gasteiger partial charge in [-0.15, -0.1) is 0 Å². The van der Waals surface area contributed by atoms with Crippen molar-refractivity contribution in [1.82, 2.24) is 9.55 Å². The monoisotopic (exact) mass is 197 g/mol. The molecule has 0 bridgehead atoms. The maximum absolute atomic E-state index is 10.6. The lowest BCUT2D eigenvalue weighted by Crippen LogP contribution is -2.20. The summed E-state index contributed by atoms with van der Waals surface area (Å²) in [4.78, 5) is 14.6.